The lowest BCUT2D eigenvalue weighted by Gasteiger charge is -2.39. The Balaban J connectivity index is 1.50. The van der Waals surface area contributed by atoms with Crippen LogP contribution in [-0.4, -0.2) is 88.5 Å². The van der Waals surface area contributed by atoms with Crippen molar-refractivity contribution >= 4 is 5.97 Å². The normalized spacial score (nSPS) is 24.4. The van der Waals surface area contributed by atoms with Gasteiger partial charge in [-0.3, -0.25) is 10.2 Å². The molecule has 2 N–H and O–H groups in total. The van der Waals surface area contributed by atoms with Gasteiger partial charge in [0.25, 0.3) is 0 Å². The predicted molar refractivity (Wildman–Crippen MR) is 120 cm³/mol. The summed E-state index contributed by atoms with van der Waals surface area (Å²) in [7, 11) is 5.55. The molecule has 2 saturated heterocycles. The molecule has 0 aliphatic carbocycles. The molecule has 0 saturated carbocycles. The summed E-state index contributed by atoms with van der Waals surface area (Å²) < 4.78 is 16.0. The SMILES string of the molecule is CCOC(=O)C1NNCC1CN1CCCC(N(C)CCc2ccc(OC)c(OC)c2)C1. The van der Waals surface area contributed by atoms with Crippen molar-refractivity contribution in [3.8, 4) is 11.5 Å². The van der Waals surface area contributed by atoms with Gasteiger partial charge in [-0.1, -0.05) is 6.07 Å². The Morgan fingerprint density at radius 1 is 1.26 bits per heavy atom. The summed E-state index contributed by atoms with van der Waals surface area (Å²) in [5.74, 6) is 1.62. The van der Waals surface area contributed by atoms with Gasteiger partial charge in [0.05, 0.1) is 20.8 Å². The average Bonchev–Trinajstić information content (AvgIpc) is 3.25. The van der Waals surface area contributed by atoms with E-state index in [2.05, 4.69) is 39.8 Å². The Bertz CT molecular complexity index is 717. The van der Waals surface area contributed by atoms with Crippen molar-refractivity contribution in [3.63, 3.8) is 0 Å². The van der Waals surface area contributed by atoms with Crippen LogP contribution in [0.25, 0.3) is 0 Å². The highest BCUT2D eigenvalue weighted by Gasteiger charge is 2.36. The van der Waals surface area contributed by atoms with Gasteiger partial charge in [-0.2, -0.15) is 0 Å². The molecular formula is C23H38N4O4. The number of hydrazine groups is 1. The van der Waals surface area contributed by atoms with Crippen molar-refractivity contribution in [2.24, 2.45) is 5.92 Å². The van der Waals surface area contributed by atoms with Crippen LogP contribution in [0, 0.1) is 5.92 Å². The molecule has 31 heavy (non-hydrogen) atoms. The summed E-state index contributed by atoms with van der Waals surface area (Å²) in [6.45, 7) is 7.08. The number of nitrogens with zero attached hydrogens (tertiary/aromatic N) is 2. The minimum atomic E-state index is -0.261. The van der Waals surface area contributed by atoms with E-state index in [1.165, 1.54) is 18.4 Å². The maximum absolute atomic E-state index is 12.2. The second kappa shape index (κ2) is 11.7. The summed E-state index contributed by atoms with van der Waals surface area (Å²) in [4.78, 5) is 17.2. The van der Waals surface area contributed by atoms with Crippen molar-refractivity contribution in [2.75, 3.05) is 60.6 Å². The summed E-state index contributed by atoms with van der Waals surface area (Å²) in [6.07, 6.45) is 3.36. The molecule has 3 unspecified atom stereocenters. The van der Waals surface area contributed by atoms with E-state index >= 15 is 0 Å². The third kappa shape index (κ3) is 6.32. The largest absolute Gasteiger partial charge is 0.493 e. The lowest BCUT2D eigenvalue weighted by molar-refractivity contribution is -0.146. The number of carbonyl (C=O) groups is 1. The number of likely N-dealkylation sites (N-methyl/N-ethyl adjacent to an activating group) is 1. The van der Waals surface area contributed by atoms with Crippen LogP contribution in [0.15, 0.2) is 18.2 Å². The summed E-state index contributed by atoms with van der Waals surface area (Å²) >= 11 is 0. The molecular weight excluding hydrogens is 396 g/mol. The van der Waals surface area contributed by atoms with Crippen molar-refractivity contribution in [1.82, 2.24) is 20.7 Å². The topological polar surface area (TPSA) is 75.3 Å². The van der Waals surface area contributed by atoms with Gasteiger partial charge >= 0.3 is 5.97 Å². The van der Waals surface area contributed by atoms with Crippen LogP contribution in [0.4, 0.5) is 0 Å². The van der Waals surface area contributed by atoms with Gasteiger partial charge in [-0.05, 0) is 57.5 Å². The maximum Gasteiger partial charge on any atom is 0.324 e. The molecule has 0 amide bonds. The number of ether oxygens (including phenoxy) is 3. The molecule has 174 valence electrons. The van der Waals surface area contributed by atoms with Crippen LogP contribution >= 0.6 is 0 Å². The summed E-state index contributed by atoms with van der Waals surface area (Å²) in [5.41, 5.74) is 7.47. The first-order valence-electron chi connectivity index (χ1n) is 11.3. The number of hydrogen-bond donors (Lipinski definition) is 2. The van der Waals surface area contributed by atoms with Crippen molar-refractivity contribution in [2.45, 2.75) is 38.3 Å². The number of rotatable bonds is 10. The van der Waals surface area contributed by atoms with Gasteiger partial charge in [0.1, 0.15) is 6.04 Å². The molecule has 8 heteroatoms. The van der Waals surface area contributed by atoms with E-state index in [0.717, 1.165) is 50.6 Å². The quantitative estimate of drug-likeness (QED) is 0.534. The highest BCUT2D eigenvalue weighted by Crippen LogP contribution is 2.28. The van der Waals surface area contributed by atoms with Crippen LogP contribution in [0.2, 0.25) is 0 Å². The van der Waals surface area contributed by atoms with Crippen molar-refractivity contribution in [3.05, 3.63) is 23.8 Å². The molecule has 2 fully saturated rings. The van der Waals surface area contributed by atoms with E-state index in [1.54, 1.807) is 14.2 Å². The van der Waals surface area contributed by atoms with Crippen molar-refractivity contribution < 1.29 is 19.0 Å². The number of carbonyl (C=O) groups excluding carboxylic acids is 1. The van der Waals surface area contributed by atoms with Crippen LogP contribution in [0.5, 0.6) is 11.5 Å². The molecule has 1 aromatic rings. The number of methoxy groups -OCH3 is 2. The first-order valence-corrected chi connectivity index (χ1v) is 11.3. The first kappa shape index (κ1) is 23.8. The Morgan fingerprint density at radius 2 is 2.06 bits per heavy atom. The lowest BCUT2D eigenvalue weighted by Crippen LogP contribution is -2.50. The molecule has 0 bridgehead atoms. The van der Waals surface area contributed by atoms with Gasteiger partial charge in [0, 0.05) is 38.1 Å². The molecule has 8 nitrogen and oxygen atoms in total. The Kier molecular flexibility index (Phi) is 8.95. The van der Waals surface area contributed by atoms with Crippen LogP contribution in [-0.2, 0) is 16.0 Å². The number of likely N-dealkylation sites (tertiary alicyclic amines) is 1. The van der Waals surface area contributed by atoms with Crippen LogP contribution in [0.1, 0.15) is 25.3 Å². The molecule has 2 aliphatic rings. The molecule has 0 spiro atoms. The third-order valence-corrected chi connectivity index (χ3v) is 6.43. The minimum absolute atomic E-state index is 0.155. The summed E-state index contributed by atoms with van der Waals surface area (Å²) in [5, 5.41) is 0. The fourth-order valence-electron chi connectivity index (χ4n) is 4.60. The smallest absolute Gasteiger partial charge is 0.324 e. The fraction of sp³-hybridized carbons (Fsp3) is 0.696. The minimum Gasteiger partial charge on any atom is -0.493 e. The number of esters is 1. The van der Waals surface area contributed by atoms with Crippen LogP contribution in [0.3, 0.4) is 0 Å². The van der Waals surface area contributed by atoms with E-state index in [-0.39, 0.29) is 17.9 Å². The molecule has 2 heterocycles. The predicted octanol–water partition coefficient (Wildman–Crippen LogP) is 1.30. The Hall–Kier alpha value is -1.87. The van der Waals surface area contributed by atoms with Gasteiger partial charge < -0.3 is 24.0 Å². The number of piperidine rings is 1. The molecule has 3 atom stereocenters. The Morgan fingerprint density at radius 3 is 2.81 bits per heavy atom. The highest BCUT2D eigenvalue weighted by atomic mass is 16.5. The Labute approximate surface area is 186 Å². The maximum atomic E-state index is 12.2. The van der Waals surface area contributed by atoms with Crippen LogP contribution < -0.4 is 20.3 Å². The standard InChI is InChI=1S/C23H38N4O4/c1-5-31-23(28)22-18(14-24-25-22)15-27-11-6-7-19(16-27)26(2)12-10-17-8-9-20(29-3)21(13-17)30-4/h8-9,13,18-19,22,24-25H,5-7,10-12,14-16H2,1-4H3. The second-order valence-electron chi connectivity index (χ2n) is 8.49. The van der Waals surface area contributed by atoms with Gasteiger partial charge in [0.15, 0.2) is 11.5 Å². The average molecular weight is 435 g/mol. The fourth-order valence-corrected chi connectivity index (χ4v) is 4.60. The molecule has 1 aromatic carbocycles. The summed E-state index contributed by atoms with van der Waals surface area (Å²) in [6, 6.07) is 6.41. The van der Waals surface area contributed by atoms with E-state index in [0.29, 0.717) is 12.6 Å². The van der Waals surface area contributed by atoms with Gasteiger partial charge in [0.2, 0.25) is 0 Å². The second-order valence-corrected chi connectivity index (χ2v) is 8.49. The third-order valence-electron chi connectivity index (χ3n) is 6.43. The highest BCUT2D eigenvalue weighted by molar-refractivity contribution is 5.76. The van der Waals surface area contributed by atoms with E-state index in [1.807, 2.05) is 13.0 Å². The van der Waals surface area contributed by atoms with E-state index in [4.69, 9.17) is 14.2 Å². The molecule has 0 radical (unpaired) electrons. The number of benzene rings is 1. The van der Waals surface area contributed by atoms with Gasteiger partial charge in [-0.15, -0.1) is 0 Å². The lowest BCUT2D eigenvalue weighted by atomic mass is 9.98. The van der Waals surface area contributed by atoms with Crippen molar-refractivity contribution in [1.29, 1.82) is 0 Å². The molecule has 0 aromatic heterocycles. The van der Waals surface area contributed by atoms with E-state index < -0.39 is 0 Å². The molecule has 2 aliphatic heterocycles. The zero-order valence-electron chi connectivity index (χ0n) is 19.4. The van der Waals surface area contributed by atoms with E-state index in [9.17, 15) is 4.79 Å². The molecule has 3 rings (SSSR count). The first-order chi connectivity index (χ1) is 15.0. The number of hydrogen-bond acceptors (Lipinski definition) is 8. The zero-order valence-corrected chi connectivity index (χ0v) is 19.4. The zero-order chi connectivity index (χ0) is 22.2. The number of nitrogens with one attached hydrogen (secondary N) is 2. The monoisotopic (exact) mass is 434 g/mol. The van der Waals surface area contributed by atoms with Gasteiger partial charge in [-0.25, -0.2) is 5.43 Å².